The van der Waals surface area contributed by atoms with Crippen LogP contribution in [0.4, 0.5) is 9.59 Å². The van der Waals surface area contributed by atoms with Crippen LogP contribution in [0.25, 0.3) is 0 Å². The Bertz CT molecular complexity index is 831. The van der Waals surface area contributed by atoms with Crippen molar-refractivity contribution >= 4 is 36.7 Å². The minimum atomic E-state index is -1.38. The van der Waals surface area contributed by atoms with Crippen LogP contribution >= 0.6 is 12.4 Å². The largest absolute Gasteiger partial charge is 0.513 e. The summed E-state index contributed by atoms with van der Waals surface area (Å²) in [7, 11) is 0. The molecule has 0 spiro atoms. The highest BCUT2D eigenvalue weighted by Gasteiger charge is 2.35. The summed E-state index contributed by atoms with van der Waals surface area (Å²) >= 11 is 0. The van der Waals surface area contributed by atoms with E-state index < -0.39 is 48.2 Å². The molecule has 0 saturated heterocycles. The maximum atomic E-state index is 11.9. The summed E-state index contributed by atoms with van der Waals surface area (Å²) in [5, 5.41) is 9.52. The quantitative estimate of drug-likeness (QED) is 0.280. The van der Waals surface area contributed by atoms with Crippen LogP contribution in [-0.2, 0) is 23.8 Å². The predicted molar refractivity (Wildman–Crippen MR) is 118 cm³/mol. The number of esters is 1. The van der Waals surface area contributed by atoms with Gasteiger partial charge in [-0.3, -0.25) is 9.59 Å². The van der Waals surface area contributed by atoms with Gasteiger partial charge in [0.1, 0.15) is 12.1 Å². The fourth-order valence-corrected chi connectivity index (χ4v) is 3.02. The highest BCUT2D eigenvalue weighted by Crippen LogP contribution is 2.37. The molecule has 1 unspecified atom stereocenters. The van der Waals surface area contributed by atoms with Crippen molar-refractivity contribution in [3.05, 3.63) is 23.8 Å². The standard InChI is InChI=1S/C21H29NO10.ClH/c1-6-28-20(26)31-15-9-8-14(10-16(15)32-21(27)29-7-2)17(18(22)19(24)25)11(3)12(4)30-13(5)23;/h8-12,17-18H,6-7,22H2,1-5H3,(H,24,25);1H/t11-,12+,17?,18-;/m0./s1. The fraction of sp³-hybridized carbons (Fsp3) is 0.524. The molecule has 0 radical (unpaired) electrons. The van der Waals surface area contributed by atoms with Crippen molar-refractivity contribution in [2.24, 2.45) is 11.7 Å². The summed E-state index contributed by atoms with van der Waals surface area (Å²) in [6.45, 7) is 7.79. The first kappa shape index (κ1) is 29.9. The van der Waals surface area contributed by atoms with Gasteiger partial charge in [0, 0.05) is 18.8 Å². The van der Waals surface area contributed by atoms with Gasteiger partial charge in [-0.2, -0.15) is 0 Å². The molecule has 0 aliphatic carbocycles. The minimum Gasteiger partial charge on any atom is -0.480 e. The van der Waals surface area contributed by atoms with Gasteiger partial charge < -0.3 is 34.5 Å². The van der Waals surface area contributed by atoms with Crippen LogP contribution in [-0.4, -0.2) is 54.7 Å². The first-order valence-corrected chi connectivity index (χ1v) is 10.00. The van der Waals surface area contributed by atoms with E-state index in [4.69, 9.17) is 29.4 Å². The molecule has 0 aliphatic heterocycles. The molecule has 0 aromatic heterocycles. The highest BCUT2D eigenvalue weighted by molar-refractivity contribution is 5.85. The van der Waals surface area contributed by atoms with Gasteiger partial charge in [-0.15, -0.1) is 12.4 Å². The molecule has 1 rings (SSSR count). The molecule has 0 heterocycles. The lowest BCUT2D eigenvalue weighted by Crippen LogP contribution is -2.42. The molecule has 3 N–H and O–H groups in total. The lowest BCUT2D eigenvalue weighted by Gasteiger charge is -2.31. The predicted octanol–water partition coefficient (Wildman–Crippen LogP) is 3.26. The number of carbonyl (C=O) groups is 4. The zero-order valence-corrected chi connectivity index (χ0v) is 19.9. The summed E-state index contributed by atoms with van der Waals surface area (Å²) in [5.41, 5.74) is 6.29. The van der Waals surface area contributed by atoms with E-state index in [-0.39, 0.29) is 37.1 Å². The summed E-state index contributed by atoms with van der Waals surface area (Å²) in [5.74, 6) is -3.57. The third-order valence-corrected chi connectivity index (χ3v) is 4.59. The number of carboxylic acids is 1. The number of nitrogens with two attached hydrogens (primary N) is 1. The number of halogens is 1. The monoisotopic (exact) mass is 491 g/mol. The third kappa shape index (κ3) is 9.15. The summed E-state index contributed by atoms with van der Waals surface area (Å²) < 4.78 is 24.9. The van der Waals surface area contributed by atoms with Gasteiger partial charge in [0.2, 0.25) is 0 Å². The summed E-state index contributed by atoms with van der Waals surface area (Å²) in [6, 6.07) is 2.72. The molecule has 33 heavy (non-hydrogen) atoms. The van der Waals surface area contributed by atoms with E-state index in [2.05, 4.69) is 0 Å². The number of hydrogen-bond donors (Lipinski definition) is 2. The first-order chi connectivity index (χ1) is 15.0. The van der Waals surface area contributed by atoms with E-state index in [1.54, 1.807) is 27.7 Å². The van der Waals surface area contributed by atoms with Gasteiger partial charge >= 0.3 is 24.2 Å². The minimum absolute atomic E-state index is 0. The Balaban J connectivity index is 0.0000102. The van der Waals surface area contributed by atoms with Gasteiger partial charge in [0.25, 0.3) is 0 Å². The van der Waals surface area contributed by atoms with Crippen LogP contribution in [0.2, 0.25) is 0 Å². The molecular formula is C21H30ClNO10. The number of benzene rings is 1. The lowest BCUT2D eigenvalue weighted by molar-refractivity contribution is -0.148. The van der Waals surface area contributed by atoms with E-state index in [1.165, 1.54) is 25.1 Å². The Kier molecular flexibility index (Phi) is 12.9. The molecule has 12 heteroatoms. The molecule has 1 aromatic carbocycles. The number of rotatable bonds is 10. The van der Waals surface area contributed by atoms with Gasteiger partial charge in [-0.05, 0) is 38.5 Å². The average Bonchev–Trinajstić information content (AvgIpc) is 2.69. The van der Waals surface area contributed by atoms with Crippen molar-refractivity contribution < 1.29 is 48.0 Å². The Morgan fingerprint density at radius 2 is 1.48 bits per heavy atom. The van der Waals surface area contributed by atoms with E-state index >= 15 is 0 Å². The van der Waals surface area contributed by atoms with Crippen LogP contribution in [0, 0.1) is 5.92 Å². The molecule has 1 aromatic rings. The Morgan fingerprint density at radius 3 is 1.94 bits per heavy atom. The smallest absolute Gasteiger partial charge is 0.480 e. The van der Waals surface area contributed by atoms with Gasteiger partial charge in [-0.1, -0.05) is 13.0 Å². The maximum absolute atomic E-state index is 11.9. The molecule has 0 fully saturated rings. The van der Waals surface area contributed by atoms with Crippen LogP contribution in [0.1, 0.15) is 46.1 Å². The van der Waals surface area contributed by atoms with E-state index in [1.807, 2.05) is 0 Å². The van der Waals surface area contributed by atoms with Crippen molar-refractivity contribution in [1.82, 2.24) is 0 Å². The van der Waals surface area contributed by atoms with Gasteiger partial charge in [0.05, 0.1) is 13.2 Å². The number of aliphatic carboxylic acids is 1. The van der Waals surface area contributed by atoms with E-state index in [9.17, 15) is 24.3 Å². The third-order valence-electron chi connectivity index (χ3n) is 4.59. The van der Waals surface area contributed by atoms with Crippen molar-refractivity contribution in [3.63, 3.8) is 0 Å². The van der Waals surface area contributed by atoms with Crippen LogP contribution in [0.3, 0.4) is 0 Å². The first-order valence-electron chi connectivity index (χ1n) is 10.00. The van der Waals surface area contributed by atoms with Crippen LogP contribution < -0.4 is 15.2 Å². The Morgan fingerprint density at radius 1 is 0.970 bits per heavy atom. The van der Waals surface area contributed by atoms with E-state index in [0.717, 1.165) is 0 Å². The van der Waals surface area contributed by atoms with Crippen molar-refractivity contribution in [2.75, 3.05) is 13.2 Å². The number of ether oxygens (including phenoxy) is 5. The topological polar surface area (TPSA) is 161 Å². The molecule has 0 saturated carbocycles. The second kappa shape index (κ2) is 14.2. The van der Waals surface area contributed by atoms with Crippen molar-refractivity contribution in [2.45, 2.75) is 52.7 Å². The number of carboxylic acid groups (broad SMARTS) is 1. The normalized spacial score (nSPS) is 13.9. The van der Waals surface area contributed by atoms with Crippen molar-refractivity contribution in [1.29, 1.82) is 0 Å². The fourth-order valence-electron chi connectivity index (χ4n) is 3.02. The zero-order valence-electron chi connectivity index (χ0n) is 19.1. The van der Waals surface area contributed by atoms with Gasteiger partial charge in [-0.25, -0.2) is 9.59 Å². The maximum Gasteiger partial charge on any atom is 0.513 e. The molecular weight excluding hydrogens is 462 g/mol. The molecule has 4 atom stereocenters. The van der Waals surface area contributed by atoms with Gasteiger partial charge in [0.15, 0.2) is 11.5 Å². The van der Waals surface area contributed by atoms with Crippen molar-refractivity contribution in [3.8, 4) is 11.5 Å². The number of hydrogen-bond acceptors (Lipinski definition) is 10. The lowest BCUT2D eigenvalue weighted by atomic mass is 9.79. The SMILES string of the molecule is CCOC(=O)Oc1ccc(C([C@H](N)C(=O)O)[C@@H](C)[C@@H](C)OC(C)=O)cc1OC(=O)OCC.Cl. The second-order valence-corrected chi connectivity index (χ2v) is 6.84. The van der Waals surface area contributed by atoms with Crippen LogP contribution in [0.15, 0.2) is 18.2 Å². The molecule has 0 bridgehead atoms. The van der Waals surface area contributed by atoms with Crippen LogP contribution in [0.5, 0.6) is 11.5 Å². The van der Waals surface area contributed by atoms with E-state index in [0.29, 0.717) is 5.56 Å². The second-order valence-electron chi connectivity index (χ2n) is 6.84. The zero-order chi connectivity index (χ0) is 24.4. The highest BCUT2D eigenvalue weighted by atomic mass is 35.5. The summed E-state index contributed by atoms with van der Waals surface area (Å²) in [4.78, 5) is 46.6. The average molecular weight is 492 g/mol. The molecule has 0 amide bonds. The molecule has 186 valence electrons. The Hall–Kier alpha value is -3.05. The number of carbonyl (C=O) groups excluding carboxylic acids is 3. The summed E-state index contributed by atoms with van der Waals surface area (Å²) in [6.07, 6.45) is -2.75. The Labute approximate surface area is 197 Å². The molecule has 11 nitrogen and oxygen atoms in total. The molecule has 0 aliphatic rings.